The monoisotopic (exact) mass is 351 g/mol. The summed E-state index contributed by atoms with van der Waals surface area (Å²) in [5, 5.41) is 0. The quantitative estimate of drug-likeness (QED) is 0.573. The van der Waals surface area contributed by atoms with Gasteiger partial charge in [0.25, 0.3) is 0 Å². The van der Waals surface area contributed by atoms with Gasteiger partial charge in [0, 0.05) is 19.6 Å². The normalized spacial score (nSPS) is 15.7. The third-order valence-electron chi connectivity index (χ3n) is 4.30. The van der Waals surface area contributed by atoms with Gasteiger partial charge in [0.05, 0.1) is 39.6 Å². The van der Waals surface area contributed by atoms with Gasteiger partial charge in [-0.1, -0.05) is 31.5 Å². The summed E-state index contributed by atoms with van der Waals surface area (Å²) < 4.78 is 22.4. The molecule has 1 heterocycles. The lowest BCUT2D eigenvalue weighted by molar-refractivity contribution is 0.00516. The number of aryl methyl sites for hydroxylation is 1. The van der Waals surface area contributed by atoms with E-state index in [0.717, 1.165) is 45.2 Å². The second-order valence-electron chi connectivity index (χ2n) is 6.72. The molecule has 0 saturated carbocycles. The topological polar surface area (TPSA) is 40.2 Å². The summed E-state index contributed by atoms with van der Waals surface area (Å²) in [6.07, 6.45) is 0. The fourth-order valence-corrected chi connectivity index (χ4v) is 2.80. The maximum atomic E-state index is 5.88. The fourth-order valence-electron chi connectivity index (χ4n) is 2.80. The molecule has 1 aromatic carbocycles. The van der Waals surface area contributed by atoms with E-state index in [-0.39, 0.29) is 0 Å². The van der Waals surface area contributed by atoms with E-state index in [2.05, 4.69) is 43.9 Å². The van der Waals surface area contributed by atoms with Crippen molar-refractivity contribution in [2.45, 2.75) is 26.7 Å². The Kier molecular flexibility index (Phi) is 9.26. The Bertz CT molecular complexity index is 487. The van der Waals surface area contributed by atoms with Gasteiger partial charge in [0.15, 0.2) is 0 Å². The van der Waals surface area contributed by atoms with Crippen molar-refractivity contribution in [3.8, 4) is 5.75 Å². The van der Waals surface area contributed by atoms with Crippen LogP contribution in [0.25, 0.3) is 0 Å². The number of hydrogen-bond donors (Lipinski definition) is 0. The van der Waals surface area contributed by atoms with E-state index in [4.69, 9.17) is 18.9 Å². The molecule has 1 fully saturated rings. The van der Waals surface area contributed by atoms with Crippen LogP contribution in [0.2, 0.25) is 0 Å². The summed E-state index contributed by atoms with van der Waals surface area (Å²) in [5.74, 6) is 1.42. The van der Waals surface area contributed by atoms with Crippen LogP contribution in [-0.2, 0) is 14.2 Å². The molecule has 25 heavy (non-hydrogen) atoms. The molecule has 0 amide bonds. The van der Waals surface area contributed by atoms with Crippen molar-refractivity contribution in [3.63, 3.8) is 0 Å². The van der Waals surface area contributed by atoms with E-state index in [9.17, 15) is 0 Å². The van der Waals surface area contributed by atoms with Crippen molar-refractivity contribution in [2.75, 3.05) is 65.9 Å². The minimum absolute atomic E-state index is 0.454. The van der Waals surface area contributed by atoms with Gasteiger partial charge in [-0.15, -0.1) is 0 Å². The SMILES string of the molecule is Cc1ccc(OCCOCCOCCN2CCOCC2)c(C(C)C)c1. The van der Waals surface area contributed by atoms with Crippen LogP contribution in [0.1, 0.15) is 30.9 Å². The highest BCUT2D eigenvalue weighted by atomic mass is 16.5. The van der Waals surface area contributed by atoms with Crippen LogP contribution in [-0.4, -0.2) is 70.8 Å². The van der Waals surface area contributed by atoms with Crippen LogP contribution in [0.15, 0.2) is 18.2 Å². The van der Waals surface area contributed by atoms with Crippen LogP contribution in [0, 0.1) is 6.92 Å². The predicted octanol–water partition coefficient (Wildman–Crippen LogP) is 2.86. The zero-order valence-corrected chi connectivity index (χ0v) is 16.0. The molecule has 0 radical (unpaired) electrons. The largest absolute Gasteiger partial charge is 0.491 e. The highest BCUT2D eigenvalue weighted by molar-refractivity contribution is 5.38. The van der Waals surface area contributed by atoms with Crippen molar-refractivity contribution in [1.29, 1.82) is 0 Å². The Hall–Kier alpha value is -1.14. The summed E-state index contributed by atoms with van der Waals surface area (Å²) in [6, 6.07) is 6.34. The first-order valence-electron chi connectivity index (χ1n) is 9.35. The van der Waals surface area contributed by atoms with Gasteiger partial charge in [0.2, 0.25) is 0 Å². The standard InChI is InChI=1S/C20H33NO4/c1-17(2)19-16-18(3)4-5-20(19)25-15-14-24-13-12-23-11-8-21-6-9-22-10-7-21/h4-5,16-17H,6-15H2,1-3H3. The number of ether oxygens (including phenoxy) is 4. The Balaban J connectivity index is 1.49. The zero-order chi connectivity index (χ0) is 17.9. The molecule has 0 unspecified atom stereocenters. The average molecular weight is 351 g/mol. The molecule has 0 aromatic heterocycles. The molecule has 0 aliphatic carbocycles. The lowest BCUT2D eigenvalue weighted by atomic mass is 10.00. The molecule has 1 aliphatic heterocycles. The van der Waals surface area contributed by atoms with Gasteiger partial charge in [-0.3, -0.25) is 4.90 Å². The van der Waals surface area contributed by atoms with E-state index in [0.29, 0.717) is 32.3 Å². The third kappa shape index (κ3) is 7.74. The molecule has 5 heteroatoms. The highest BCUT2D eigenvalue weighted by Gasteiger charge is 2.09. The minimum atomic E-state index is 0.454. The number of hydrogen-bond acceptors (Lipinski definition) is 5. The predicted molar refractivity (Wildman–Crippen MR) is 99.7 cm³/mol. The Labute approximate surface area is 152 Å². The molecule has 0 atom stereocenters. The van der Waals surface area contributed by atoms with Gasteiger partial charge in [-0.25, -0.2) is 0 Å². The maximum Gasteiger partial charge on any atom is 0.122 e. The van der Waals surface area contributed by atoms with Gasteiger partial charge < -0.3 is 18.9 Å². The Morgan fingerprint density at radius 1 is 1.00 bits per heavy atom. The minimum Gasteiger partial charge on any atom is -0.491 e. The zero-order valence-electron chi connectivity index (χ0n) is 16.0. The molecule has 5 nitrogen and oxygen atoms in total. The summed E-state index contributed by atoms with van der Waals surface area (Å²) >= 11 is 0. The number of nitrogens with zero attached hydrogens (tertiary/aromatic N) is 1. The third-order valence-corrected chi connectivity index (χ3v) is 4.30. The van der Waals surface area contributed by atoms with Crippen molar-refractivity contribution in [3.05, 3.63) is 29.3 Å². The first-order valence-corrected chi connectivity index (χ1v) is 9.35. The van der Waals surface area contributed by atoms with Crippen molar-refractivity contribution in [1.82, 2.24) is 4.90 Å². The summed E-state index contributed by atoms with van der Waals surface area (Å²) in [7, 11) is 0. The smallest absolute Gasteiger partial charge is 0.122 e. The van der Waals surface area contributed by atoms with Crippen LogP contribution >= 0.6 is 0 Å². The maximum absolute atomic E-state index is 5.88. The average Bonchev–Trinajstić information content (AvgIpc) is 2.62. The molecule has 1 aliphatic rings. The molecule has 1 aromatic rings. The van der Waals surface area contributed by atoms with Crippen LogP contribution in [0.3, 0.4) is 0 Å². The van der Waals surface area contributed by atoms with Crippen molar-refractivity contribution >= 4 is 0 Å². The first kappa shape index (κ1) is 20.2. The Morgan fingerprint density at radius 2 is 1.68 bits per heavy atom. The number of morpholine rings is 1. The van der Waals surface area contributed by atoms with E-state index >= 15 is 0 Å². The van der Waals surface area contributed by atoms with E-state index in [1.54, 1.807) is 0 Å². The second-order valence-corrected chi connectivity index (χ2v) is 6.72. The summed E-state index contributed by atoms with van der Waals surface area (Å²) in [5.41, 5.74) is 2.52. The number of benzene rings is 1. The lowest BCUT2D eigenvalue weighted by Gasteiger charge is -2.26. The summed E-state index contributed by atoms with van der Waals surface area (Å²) in [4.78, 5) is 2.37. The number of rotatable bonds is 11. The van der Waals surface area contributed by atoms with Crippen LogP contribution in [0.4, 0.5) is 0 Å². The second kappa shape index (κ2) is 11.5. The molecular formula is C20H33NO4. The molecule has 2 rings (SSSR count). The van der Waals surface area contributed by atoms with E-state index in [1.165, 1.54) is 11.1 Å². The molecule has 0 spiro atoms. The van der Waals surface area contributed by atoms with Gasteiger partial charge in [-0.2, -0.15) is 0 Å². The van der Waals surface area contributed by atoms with Crippen LogP contribution < -0.4 is 4.74 Å². The lowest BCUT2D eigenvalue weighted by Crippen LogP contribution is -2.38. The van der Waals surface area contributed by atoms with E-state index in [1.807, 2.05) is 0 Å². The molecule has 0 N–H and O–H groups in total. The van der Waals surface area contributed by atoms with Crippen LogP contribution in [0.5, 0.6) is 5.75 Å². The Morgan fingerprint density at radius 3 is 2.40 bits per heavy atom. The molecule has 1 saturated heterocycles. The summed E-state index contributed by atoms with van der Waals surface area (Å²) in [6.45, 7) is 14.3. The van der Waals surface area contributed by atoms with Gasteiger partial charge in [0.1, 0.15) is 12.4 Å². The molecule has 0 bridgehead atoms. The van der Waals surface area contributed by atoms with Crippen molar-refractivity contribution in [2.24, 2.45) is 0 Å². The van der Waals surface area contributed by atoms with Gasteiger partial charge >= 0.3 is 0 Å². The van der Waals surface area contributed by atoms with Gasteiger partial charge in [-0.05, 0) is 24.5 Å². The highest BCUT2D eigenvalue weighted by Crippen LogP contribution is 2.27. The van der Waals surface area contributed by atoms with E-state index < -0.39 is 0 Å². The fraction of sp³-hybridized carbons (Fsp3) is 0.700. The molecular weight excluding hydrogens is 318 g/mol. The van der Waals surface area contributed by atoms with Crippen molar-refractivity contribution < 1.29 is 18.9 Å². The first-order chi connectivity index (χ1) is 12.2. The molecule has 142 valence electrons.